The number of rotatable bonds is 11. The first-order valence-corrected chi connectivity index (χ1v) is 12.4. The molecule has 1 saturated heterocycles. The molecular weight excluding hydrogens is 454 g/mol. The summed E-state index contributed by atoms with van der Waals surface area (Å²) in [6, 6.07) is 20.7. The minimum absolute atomic E-state index is 0.0225. The van der Waals surface area contributed by atoms with E-state index in [1.807, 2.05) is 71.6 Å². The number of benzene rings is 2. The molecular formula is C29H33N3O4. The van der Waals surface area contributed by atoms with Crippen molar-refractivity contribution in [1.82, 2.24) is 15.2 Å². The number of unbranched alkanes of at least 4 members (excludes halogenated alkanes) is 1. The smallest absolute Gasteiger partial charge is 0.226 e. The van der Waals surface area contributed by atoms with E-state index in [4.69, 9.17) is 9.47 Å². The Balaban J connectivity index is 1.43. The molecule has 2 amide bonds. The van der Waals surface area contributed by atoms with Gasteiger partial charge in [-0.15, -0.1) is 0 Å². The Bertz CT molecular complexity index is 1150. The quantitative estimate of drug-likeness (QED) is 0.425. The summed E-state index contributed by atoms with van der Waals surface area (Å²) in [6.45, 7) is 3.47. The molecule has 1 aliphatic rings. The lowest BCUT2D eigenvalue weighted by molar-refractivity contribution is -0.129. The lowest BCUT2D eigenvalue weighted by atomic mass is 9.92. The lowest BCUT2D eigenvalue weighted by Crippen LogP contribution is -2.35. The van der Waals surface area contributed by atoms with Gasteiger partial charge in [-0.05, 0) is 53.9 Å². The summed E-state index contributed by atoms with van der Waals surface area (Å²) in [6.07, 6.45) is 3.83. The van der Waals surface area contributed by atoms with Gasteiger partial charge < -0.3 is 19.7 Å². The van der Waals surface area contributed by atoms with Crippen molar-refractivity contribution in [2.24, 2.45) is 5.92 Å². The van der Waals surface area contributed by atoms with Crippen LogP contribution < -0.4 is 14.8 Å². The molecule has 1 N–H and O–H groups in total. The van der Waals surface area contributed by atoms with Crippen molar-refractivity contribution in [1.29, 1.82) is 0 Å². The summed E-state index contributed by atoms with van der Waals surface area (Å²) in [5.41, 5.74) is 2.72. The second-order valence-electron chi connectivity index (χ2n) is 8.94. The molecule has 2 atom stereocenters. The number of amides is 2. The van der Waals surface area contributed by atoms with Crippen molar-refractivity contribution in [3.63, 3.8) is 0 Å². The maximum absolute atomic E-state index is 13.3. The van der Waals surface area contributed by atoms with Gasteiger partial charge in [-0.1, -0.05) is 43.7 Å². The average molecular weight is 488 g/mol. The normalized spacial score (nSPS) is 17.2. The van der Waals surface area contributed by atoms with E-state index >= 15 is 0 Å². The van der Waals surface area contributed by atoms with Gasteiger partial charge in [0.2, 0.25) is 11.8 Å². The van der Waals surface area contributed by atoms with Crippen LogP contribution in [-0.2, 0) is 22.7 Å². The number of nitrogens with zero attached hydrogens (tertiary/aromatic N) is 2. The van der Waals surface area contributed by atoms with Crippen molar-refractivity contribution < 1.29 is 19.1 Å². The Hall–Kier alpha value is -3.87. The Labute approximate surface area is 212 Å². The minimum atomic E-state index is -0.452. The second kappa shape index (κ2) is 12.2. The van der Waals surface area contributed by atoms with E-state index in [0.29, 0.717) is 25.4 Å². The molecule has 36 heavy (non-hydrogen) atoms. The van der Waals surface area contributed by atoms with Crippen LogP contribution in [0.3, 0.4) is 0 Å². The molecule has 1 aliphatic heterocycles. The second-order valence-corrected chi connectivity index (χ2v) is 8.94. The van der Waals surface area contributed by atoms with E-state index < -0.39 is 5.92 Å². The molecule has 0 bridgehead atoms. The highest BCUT2D eigenvalue weighted by Gasteiger charge is 2.44. The molecule has 7 heteroatoms. The van der Waals surface area contributed by atoms with Crippen LogP contribution in [0.2, 0.25) is 0 Å². The van der Waals surface area contributed by atoms with Crippen molar-refractivity contribution in [3.05, 3.63) is 89.7 Å². The summed E-state index contributed by atoms with van der Waals surface area (Å²) in [5.74, 6) is 0.906. The van der Waals surface area contributed by atoms with E-state index in [-0.39, 0.29) is 24.3 Å². The summed E-state index contributed by atoms with van der Waals surface area (Å²) >= 11 is 0. The number of hydrogen-bond donors (Lipinski definition) is 1. The van der Waals surface area contributed by atoms with Crippen molar-refractivity contribution >= 4 is 11.8 Å². The van der Waals surface area contributed by atoms with Gasteiger partial charge in [-0.25, -0.2) is 0 Å². The van der Waals surface area contributed by atoms with Gasteiger partial charge >= 0.3 is 0 Å². The van der Waals surface area contributed by atoms with Crippen LogP contribution in [0.1, 0.15) is 49.0 Å². The van der Waals surface area contributed by atoms with Crippen molar-refractivity contribution in [3.8, 4) is 11.5 Å². The first-order chi connectivity index (χ1) is 17.6. The molecule has 2 unspecified atom stereocenters. The number of hydrogen-bond acceptors (Lipinski definition) is 5. The largest absolute Gasteiger partial charge is 0.497 e. The highest BCUT2D eigenvalue weighted by Crippen LogP contribution is 2.39. The van der Waals surface area contributed by atoms with Crippen LogP contribution in [0.5, 0.6) is 11.5 Å². The zero-order chi connectivity index (χ0) is 25.3. The fourth-order valence-electron chi connectivity index (χ4n) is 4.54. The van der Waals surface area contributed by atoms with Crippen LogP contribution in [0.15, 0.2) is 72.9 Å². The van der Waals surface area contributed by atoms with Crippen LogP contribution >= 0.6 is 0 Å². The molecule has 2 heterocycles. The fourth-order valence-corrected chi connectivity index (χ4v) is 4.54. The maximum atomic E-state index is 13.3. The third-order valence-corrected chi connectivity index (χ3v) is 6.46. The first-order valence-electron chi connectivity index (χ1n) is 12.4. The third-order valence-electron chi connectivity index (χ3n) is 6.46. The SMILES string of the molecule is CCCCN1C(=O)CC(C(=O)NCc2cccc(OCc3ccccn3)c2)C1c1ccc(OC)cc1. The number of carbonyl (C=O) groups excluding carboxylic acids is 2. The van der Waals surface area contributed by atoms with Gasteiger partial charge in [0, 0.05) is 25.7 Å². The summed E-state index contributed by atoms with van der Waals surface area (Å²) in [4.78, 5) is 32.4. The summed E-state index contributed by atoms with van der Waals surface area (Å²) < 4.78 is 11.1. The molecule has 0 aliphatic carbocycles. The van der Waals surface area contributed by atoms with Gasteiger partial charge in [-0.3, -0.25) is 14.6 Å². The van der Waals surface area contributed by atoms with E-state index in [0.717, 1.165) is 35.4 Å². The third kappa shape index (κ3) is 6.22. The van der Waals surface area contributed by atoms with E-state index in [9.17, 15) is 9.59 Å². The van der Waals surface area contributed by atoms with E-state index in [2.05, 4.69) is 17.2 Å². The summed E-state index contributed by atoms with van der Waals surface area (Å²) in [7, 11) is 1.62. The molecule has 0 saturated carbocycles. The van der Waals surface area contributed by atoms with Crippen LogP contribution in [0.25, 0.3) is 0 Å². The van der Waals surface area contributed by atoms with Crippen molar-refractivity contribution in [2.75, 3.05) is 13.7 Å². The van der Waals surface area contributed by atoms with Crippen LogP contribution in [0.4, 0.5) is 0 Å². The number of likely N-dealkylation sites (tertiary alicyclic amines) is 1. The highest BCUT2D eigenvalue weighted by atomic mass is 16.5. The zero-order valence-corrected chi connectivity index (χ0v) is 20.9. The fraction of sp³-hybridized carbons (Fsp3) is 0.345. The molecule has 4 rings (SSSR count). The summed E-state index contributed by atoms with van der Waals surface area (Å²) in [5, 5.41) is 3.05. The molecule has 7 nitrogen and oxygen atoms in total. The molecule has 1 aromatic heterocycles. The number of methoxy groups -OCH3 is 1. The van der Waals surface area contributed by atoms with Gasteiger partial charge in [0.15, 0.2) is 0 Å². The van der Waals surface area contributed by atoms with Gasteiger partial charge in [0.25, 0.3) is 0 Å². The first kappa shape index (κ1) is 25.2. The number of nitrogens with one attached hydrogen (secondary N) is 1. The van der Waals surface area contributed by atoms with Gasteiger partial charge in [-0.2, -0.15) is 0 Å². The van der Waals surface area contributed by atoms with Gasteiger partial charge in [0.05, 0.1) is 24.8 Å². The maximum Gasteiger partial charge on any atom is 0.226 e. The predicted molar refractivity (Wildman–Crippen MR) is 137 cm³/mol. The average Bonchev–Trinajstić information content (AvgIpc) is 3.26. The Kier molecular flexibility index (Phi) is 8.55. The minimum Gasteiger partial charge on any atom is -0.497 e. The van der Waals surface area contributed by atoms with Crippen molar-refractivity contribution in [2.45, 2.75) is 45.4 Å². The molecule has 0 spiro atoms. The molecule has 3 aromatic rings. The number of pyridine rings is 1. The number of carbonyl (C=O) groups is 2. The van der Waals surface area contributed by atoms with Crippen LogP contribution in [0, 0.1) is 5.92 Å². The molecule has 188 valence electrons. The van der Waals surface area contributed by atoms with Crippen LogP contribution in [-0.4, -0.2) is 35.4 Å². The molecule has 2 aromatic carbocycles. The molecule has 1 fully saturated rings. The monoisotopic (exact) mass is 487 g/mol. The van der Waals surface area contributed by atoms with E-state index in [1.165, 1.54) is 0 Å². The highest BCUT2D eigenvalue weighted by molar-refractivity contribution is 5.90. The zero-order valence-electron chi connectivity index (χ0n) is 20.9. The Morgan fingerprint density at radius 1 is 1.08 bits per heavy atom. The number of ether oxygens (including phenoxy) is 2. The Morgan fingerprint density at radius 3 is 2.64 bits per heavy atom. The Morgan fingerprint density at radius 2 is 1.92 bits per heavy atom. The van der Waals surface area contributed by atoms with Gasteiger partial charge in [0.1, 0.15) is 18.1 Å². The topological polar surface area (TPSA) is 80.8 Å². The molecule has 0 radical (unpaired) electrons. The standard InChI is InChI=1S/C29H33N3O4/c1-3-4-16-32-27(33)18-26(28(32)22-11-13-24(35-2)14-12-22)29(34)31-19-21-8-7-10-25(17-21)36-20-23-9-5-6-15-30-23/h5-15,17,26,28H,3-4,16,18-20H2,1-2H3,(H,31,34). The van der Waals surface area contributed by atoms with E-state index in [1.54, 1.807) is 13.3 Å². The number of aromatic nitrogens is 1. The lowest BCUT2D eigenvalue weighted by Gasteiger charge is -2.28. The predicted octanol–water partition coefficient (Wildman–Crippen LogP) is 4.68.